The van der Waals surface area contributed by atoms with Gasteiger partial charge < -0.3 is 9.64 Å². The van der Waals surface area contributed by atoms with E-state index in [2.05, 4.69) is 25.4 Å². The molecule has 4 aromatic rings. The van der Waals surface area contributed by atoms with Gasteiger partial charge in [0.05, 0.1) is 30.8 Å². The number of anilines is 2. The van der Waals surface area contributed by atoms with Crippen molar-refractivity contribution >= 4 is 23.5 Å². The number of aromatic nitrogens is 5. The van der Waals surface area contributed by atoms with Gasteiger partial charge in [0.25, 0.3) is 0 Å². The van der Waals surface area contributed by atoms with Gasteiger partial charge in [-0.15, -0.1) is 0 Å². The van der Waals surface area contributed by atoms with Crippen LogP contribution in [0.1, 0.15) is 11.4 Å². The summed E-state index contributed by atoms with van der Waals surface area (Å²) in [4.78, 5) is 15.8. The molecule has 0 amide bonds. The van der Waals surface area contributed by atoms with Gasteiger partial charge in [-0.25, -0.2) is 4.98 Å². The lowest BCUT2D eigenvalue weighted by Gasteiger charge is -2.29. The van der Waals surface area contributed by atoms with Crippen LogP contribution in [0.15, 0.2) is 59.8 Å². The minimum atomic E-state index is 0.630. The summed E-state index contributed by atoms with van der Waals surface area (Å²) in [6.45, 7) is 4.88. The molecule has 0 saturated carbocycles. The maximum Gasteiger partial charge on any atom is 0.160 e. The minimum absolute atomic E-state index is 0.630. The topological polar surface area (TPSA) is 92.8 Å². The van der Waals surface area contributed by atoms with Crippen molar-refractivity contribution in [3.8, 4) is 11.4 Å². The molecule has 1 N–H and O–H groups in total. The Morgan fingerprint density at radius 2 is 1.94 bits per heavy atom. The van der Waals surface area contributed by atoms with Crippen LogP contribution in [-0.2, 0) is 4.74 Å². The standard InChI is InChI=1S/C22H22N8O/c1-16-5-4-6-17(25-16)15-24-27-20-14-22(29-9-11-31-12-10-29)30-21(26-20)13-19(28-30)18-7-2-3-8-23-18/h2-8,13-15H,9-12H2,1H3,(H,26,27)/b24-15+. The normalized spacial score (nSPS) is 14.4. The van der Waals surface area contributed by atoms with Gasteiger partial charge in [0.15, 0.2) is 11.5 Å². The number of rotatable bonds is 5. The monoisotopic (exact) mass is 414 g/mol. The zero-order valence-corrected chi connectivity index (χ0v) is 17.1. The van der Waals surface area contributed by atoms with Gasteiger partial charge in [0, 0.05) is 37.1 Å². The van der Waals surface area contributed by atoms with Crippen molar-refractivity contribution in [1.29, 1.82) is 0 Å². The van der Waals surface area contributed by atoms with Crippen molar-refractivity contribution in [1.82, 2.24) is 24.6 Å². The first-order valence-corrected chi connectivity index (χ1v) is 10.1. The number of ether oxygens (including phenoxy) is 1. The van der Waals surface area contributed by atoms with E-state index in [9.17, 15) is 0 Å². The molecule has 0 bridgehead atoms. The van der Waals surface area contributed by atoms with Gasteiger partial charge >= 0.3 is 0 Å². The predicted molar refractivity (Wildman–Crippen MR) is 119 cm³/mol. The van der Waals surface area contributed by atoms with Crippen LogP contribution < -0.4 is 10.3 Å². The molecule has 0 radical (unpaired) electrons. The van der Waals surface area contributed by atoms with E-state index >= 15 is 0 Å². The van der Waals surface area contributed by atoms with E-state index in [4.69, 9.17) is 14.8 Å². The van der Waals surface area contributed by atoms with Crippen molar-refractivity contribution in [2.24, 2.45) is 5.10 Å². The molecule has 31 heavy (non-hydrogen) atoms. The fourth-order valence-electron chi connectivity index (χ4n) is 3.47. The number of nitrogens with one attached hydrogen (secondary N) is 1. The molecule has 5 heterocycles. The maximum absolute atomic E-state index is 5.52. The molecule has 0 aromatic carbocycles. The molecule has 5 rings (SSSR count). The van der Waals surface area contributed by atoms with Crippen LogP contribution in [0.5, 0.6) is 0 Å². The second kappa shape index (κ2) is 8.49. The summed E-state index contributed by atoms with van der Waals surface area (Å²) < 4.78 is 7.37. The van der Waals surface area contributed by atoms with E-state index in [0.717, 1.165) is 47.3 Å². The molecular weight excluding hydrogens is 392 g/mol. The number of aryl methyl sites for hydroxylation is 1. The zero-order valence-electron chi connectivity index (χ0n) is 17.1. The van der Waals surface area contributed by atoms with Crippen LogP contribution >= 0.6 is 0 Å². The number of hydrogen-bond acceptors (Lipinski definition) is 8. The van der Waals surface area contributed by atoms with Gasteiger partial charge in [0.1, 0.15) is 11.5 Å². The summed E-state index contributed by atoms with van der Waals surface area (Å²) in [5.74, 6) is 1.56. The van der Waals surface area contributed by atoms with Crippen molar-refractivity contribution in [2.75, 3.05) is 36.6 Å². The largest absolute Gasteiger partial charge is 0.378 e. The Morgan fingerprint density at radius 1 is 1.03 bits per heavy atom. The summed E-state index contributed by atoms with van der Waals surface area (Å²) in [5.41, 5.74) is 7.06. The third kappa shape index (κ3) is 4.22. The Hall–Kier alpha value is -3.85. The number of pyridine rings is 2. The Morgan fingerprint density at radius 3 is 2.74 bits per heavy atom. The van der Waals surface area contributed by atoms with Crippen LogP contribution in [0.2, 0.25) is 0 Å². The summed E-state index contributed by atoms with van der Waals surface area (Å²) in [5, 5.41) is 9.10. The Kier molecular flexibility index (Phi) is 5.24. The summed E-state index contributed by atoms with van der Waals surface area (Å²) in [6.07, 6.45) is 3.44. The van der Waals surface area contributed by atoms with E-state index in [1.807, 2.05) is 60.0 Å². The zero-order chi connectivity index (χ0) is 21.0. The highest BCUT2D eigenvalue weighted by Crippen LogP contribution is 2.25. The highest BCUT2D eigenvalue weighted by Gasteiger charge is 2.18. The highest BCUT2D eigenvalue weighted by molar-refractivity contribution is 5.77. The molecule has 1 aliphatic rings. The van der Waals surface area contributed by atoms with Gasteiger partial charge in [-0.3, -0.25) is 15.4 Å². The van der Waals surface area contributed by atoms with Crippen molar-refractivity contribution in [3.63, 3.8) is 0 Å². The lowest BCUT2D eigenvalue weighted by molar-refractivity contribution is 0.122. The van der Waals surface area contributed by atoms with E-state index < -0.39 is 0 Å². The fraction of sp³-hybridized carbons (Fsp3) is 0.227. The van der Waals surface area contributed by atoms with E-state index in [0.29, 0.717) is 19.0 Å². The molecule has 9 heteroatoms. The number of nitrogens with zero attached hydrogens (tertiary/aromatic N) is 7. The molecule has 1 saturated heterocycles. The molecule has 9 nitrogen and oxygen atoms in total. The maximum atomic E-state index is 5.52. The molecule has 0 spiro atoms. The van der Waals surface area contributed by atoms with E-state index in [1.165, 1.54) is 0 Å². The first-order chi connectivity index (χ1) is 15.3. The van der Waals surface area contributed by atoms with E-state index in [1.54, 1.807) is 12.4 Å². The Bertz CT molecular complexity index is 1210. The van der Waals surface area contributed by atoms with Crippen LogP contribution in [0.4, 0.5) is 11.6 Å². The molecule has 0 unspecified atom stereocenters. The van der Waals surface area contributed by atoms with Crippen molar-refractivity contribution in [3.05, 3.63) is 66.1 Å². The Labute approximate surface area is 179 Å². The first-order valence-electron chi connectivity index (χ1n) is 10.1. The quantitative estimate of drug-likeness (QED) is 0.396. The minimum Gasteiger partial charge on any atom is -0.378 e. The Balaban J connectivity index is 1.50. The van der Waals surface area contributed by atoms with Crippen molar-refractivity contribution < 1.29 is 4.74 Å². The second-order valence-corrected chi connectivity index (χ2v) is 7.19. The van der Waals surface area contributed by atoms with Gasteiger partial charge in [-0.2, -0.15) is 14.7 Å². The molecule has 4 aromatic heterocycles. The molecular formula is C22H22N8O. The average Bonchev–Trinajstić information content (AvgIpc) is 3.24. The molecule has 0 aliphatic carbocycles. The summed E-state index contributed by atoms with van der Waals surface area (Å²) in [6, 6.07) is 15.5. The molecule has 0 atom stereocenters. The van der Waals surface area contributed by atoms with Crippen molar-refractivity contribution in [2.45, 2.75) is 6.92 Å². The van der Waals surface area contributed by atoms with Crippen LogP contribution in [0.25, 0.3) is 17.0 Å². The second-order valence-electron chi connectivity index (χ2n) is 7.19. The van der Waals surface area contributed by atoms with Crippen LogP contribution in [0, 0.1) is 6.92 Å². The lowest BCUT2D eigenvalue weighted by Crippen LogP contribution is -2.37. The molecule has 1 aliphatic heterocycles. The average molecular weight is 414 g/mol. The summed E-state index contributed by atoms with van der Waals surface area (Å²) in [7, 11) is 0. The SMILES string of the molecule is Cc1cccc(/C=N/Nc2cc(N3CCOCC3)n3nc(-c4ccccn4)cc3n2)n1. The molecule has 1 fully saturated rings. The van der Waals surface area contributed by atoms with E-state index in [-0.39, 0.29) is 0 Å². The van der Waals surface area contributed by atoms with Crippen LogP contribution in [0.3, 0.4) is 0 Å². The number of fused-ring (bicyclic) bond motifs is 1. The smallest absolute Gasteiger partial charge is 0.160 e. The summed E-state index contributed by atoms with van der Waals surface area (Å²) >= 11 is 0. The third-order valence-corrected chi connectivity index (χ3v) is 4.96. The van der Waals surface area contributed by atoms with Gasteiger partial charge in [-0.1, -0.05) is 12.1 Å². The van der Waals surface area contributed by atoms with Gasteiger partial charge in [0.2, 0.25) is 0 Å². The predicted octanol–water partition coefficient (Wildman–Crippen LogP) is 2.78. The van der Waals surface area contributed by atoms with Gasteiger partial charge in [-0.05, 0) is 31.2 Å². The fourth-order valence-corrected chi connectivity index (χ4v) is 3.47. The number of hydrazone groups is 1. The number of morpholine rings is 1. The first kappa shape index (κ1) is 19.1. The number of hydrogen-bond donors (Lipinski definition) is 1. The molecule has 156 valence electrons. The third-order valence-electron chi connectivity index (χ3n) is 4.96. The van der Waals surface area contributed by atoms with Crippen LogP contribution in [-0.4, -0.2) is 57.1 Å². The lowest BCUT2D eigenvalue weighted by atomic mass is 10.3. The highest BCUT2D eigenvalue weighted by atomic mass is 16.5.